The van der Waals surface area contributed by atoms with Crippen molar-refractivity contribution in [3.63, 3.8) is 0 Å². The molecule has 49 heavy (non-hydrogen) atoms. The molecule has 0 aliphatic carbocycles. The van der Waals surface area contributed by atoms with E-state index >= 15 is 4.79 Å². The van der Waals surface area contributed by atoms with Crippen LogP contribution in [0.5, 0.6) is 0 Å². The van der Waals surface area contributed by atoms with Crippen LogP contribution in [0.4, 0.5) is 11.4 Å². The Balaban J connectivity index is 1.92. The molecule has 1 atom stereocenters. The number of Topliss-reactive ketones (excluding diaryl/α,β-unsaturated/α-hetero) is 1. The minimum atomic E-state index is -1.18. The van der Waals surface area contributed by atoms with Gasteiger partial charge in [-0.25, -0.2) is 0 Å². The summed E-state index contributed by atoms with van der Waals surface area (Å²) in [5.41, 5.74) is 5.67. The monoisotopic (exact) mass is 669 g/mol. The van der Waals surface area contributed by atoms with Gasteiger partial charge in [-0.2, -0.15) is 0 Å². The molecule has 3 fully saturated rings. The minimum absolute atomic E-state index is 0.174. The molecule has 270 valence electrons. The molecule has 5 rings (SSSR count). The van der Waals surface area contributed by atoms with Gasteiger partial charge in [-0.1, -0.05) is 119 Å². The largest absolute Gasteiger partial charge is 0.461 e. The number of allylic oxidation sites excluding steroid dienone is 2. The quantitative estimate of drug-likeness (QED) is 0.307. The van der Waals surface area contributed by atoms with Gasteiger partial charge in [0, 0.05) is 33.3 Å². The van der Waals surface area contributed by atoms with Gasteiger partial charge < -0.3 is 14.5 Å². The van der Waals surface area contributed by atoms with Gasteiger partial charge in [0.2, 0.25) is 11.5 Å². The van der Waals surface area contributed by atoms with E-state index in [-0.39, 0.29) is 22.3 Å². The topological polar surface area (TPSA) is 32.8 Å². The van der Waals surface area contributed by atoms with Gasteiger partial charge in [-0.05, 0) is 100 Å². The number of ether oxygens (including phenoxy) is 1. The highest BCUT2D eigenvalue weighted by molar-refractivity contribution is 6.01. The number of hydrogen-bond donors (Lipinski definition) is 0. The zero-order valence-electron chi connectivity index (χ0n) is 34.4. The number of carbonyl (C=O) groups is 1. The van der Waals surface area contributed by atoms with Gasteiger partial charge in [0.1, 0.15) is 5.76 Å². The SMILES string of the molecule is CC(C)c1cccc(C(C)C)c1N1/C(=C2/O[C@]3(C(=O)C2(C)C)N(c2c(C(C)C)cccc2C(C)C)C(C)(C)CC3(C)C)C(C)(C)CC1(C)C. The lowest BCUT2D eigenvalue weighted by atomic mass is 9.71. The predicted octanol–water partition coefficient (Wildman–Crippen LogP) is 12.4. The van der Waals surface area contributed by atoms with Crippen molar-refractivity contribution in [1.29, 1.82) is 0 Å². The molecule has 3 saturated heterocycles. The van der Waals surface area contributed by atoms with Crippen molar-refractivity contribution in [3.05, 3.63) is 70.1 Å². The Bertz CT molecular complexity index is 1610. The Kier molecular flexibility index (Phi) is 8.91. The Labute approximate surface area is 300 Å². The second kappa shape index (κ2) is 11.6. The number of hydrogen-bond acceptors (Lipinski definition) is 4. The van der Waals surface area contributed by atoms with Crippen molar-refractivity contribution < 1.29 is 9.53 Å². The lowest BCUT2D eigenvalue weighted by Gasteiger charge is -2.47. The molecule has 3 heterocycles. The Morgan fingerprint density at radius 2 is 1.00 bits per heavy atom. The molecule has 3 aliphatic heterocycles. The zero-order valence-corrected chi connectivity index (χ0v) is 34.4. The first-order valence-electron chi connectivity index (χ1n) is 19.1. The van der Waals surface area contributed by atoms with E-state index in [9.17, 15) is 0 Å². The van der Waals surface area contributed by atoms with Crippen LogP contribution in [-0.2, 0) is 9.53 Å². The highest BCUT2D eigenvalue weighted by Gasteiger charge is 2.75. The highest BCUT2D eigenvalue weighted by atomic mass is 16.5. The maximum absolute atomic E-state index is 15.8. The molecular formula is C45H68N2O2. The molecule has 2 aromatic carbocycles. The van der Waals surface area contributed by atoms with Crippen LogP contribution in [0, 0.1) is 16.2 Å². The fourth-order valence-corrected chi connectivity index (χ4v) is 10.5. The summed E-state index contributed by atoms with van der Waals surface area (Å²) in [4.78, 5) is 20.9. The molecule has 4 heteroatoms. The molecule has 3 aliphatic rings. The molecular weight excluding hydrogens is 601 g/mol. The van der Waals surface area contributed by atoms with Crippen LogP contribution in [0.15, 0.2) is 47.9 Å². The minimum Gasteiger partial charge on any atom is -0.461 e. The van der Waals surface area contributed by atoms with Gasteiger partial charge in [-0.15, -0.1) is 0 Å². The molecule has 4 nitrogen and oxygen atoms in total. The van der Waals surface area contributed by atoms with E-state index in [4.69, 9.17) is 4.74 Å². The van der Waals surface area contributed by atoms with Crippen molar-refractivity contribution in [2.45, 2.75) is 178 Å². The summed E-state index contributed by atoms with van der Waals surface area (Å²) < 4.78 is 7.80. The first-order valence-corrected chi connectivity index (χ1v) is 19.1. The van der Waals surface area contributed by atoms with Crippen molar-refractivity contribution in [1.82, 2.24) is 0 Å². The lowest BCUT2D eigenvalue weighted by molar-refractivity contribution is -0.142. The smallest absolute Gasteiger partial charge is 0.248 e. The summed E-state index contributed by atoms with van der Waals surface area (Å²) in [5, 5.41) is 0. The van der Waals surface area contributed by atoms with E-state index in [0.717, 1.165) is 18.6 Å². The fraction of sp³-hybridized carbons (Fsp3) is 0.667. The number of benzene rings is 2. The van der Waals surface area contributed by atoms with Crippen LogP contribution >= 0.6 is 0 Å². The number of ketones is 1. The molecule has 0 N–H and O–H groups in total. The third-order valence-electron chi connectivity index (χ3n) is 12.1. The highest BCUT2D eigenvalue weighted by Crippen LogP contribution is 2.66. The van der Waals surface area contributed by atoms with Crippen molar-refractivity contribution >= 4 is 17.2 Å². The number of para-hydroxylation sites is 2. The van der Waals surface area contributed by atoms with Gasteiger partial charge in [0.15, 0.2) is 0 Å². The van der Waals surface area contributed by atoms with Gasteiger partial charge in [-0.3, -0.25) is 4.79 Å². The van der Waals surface area contributed by atoms with Crippen molar-refractivity contribution in [2.75, 3.05) is 9.80 Å². The Morgan fingerprint density at radius 1 is 0.592 bits per heavy atom. The normalized spacial score (nSPS) is 26.7. The summed E-state index contributed by atoms with van der Waals surface area (Å²) in [5.74, 6) is 2.30. The predicted molar refractivity (Wildman–Crippen MR) is 209 cm³/mol. The van der Waals surface area contributed by atoms with Gasteiger partial charge in [0.05, 0.1) is 11.1 Å². The summed E-state index contributed by atoms with van der Waals surface area (Å²) >= 11 is 0. The molecule has 0 saturated carbocycles. The molecule has 1 spiro atoms. The Morgan fingerprint density at radius 3 is 1.41 bits per heavy atom. The maximum atomic E-state index is 15.8. The standard InChI is InChI=1S/C45H68N2O2/c1-27(2)31-21-19-22-32(28(3)4)35(31)46-37(40(9,10)25-42(46,13)14)38-44(17,18)39(48)45(49-38)41(11,12)26-43(15,16)47(45)36-33(29(5)6)23-20-24-34(36)30(7)8/h19-24,27-30H,25-26H2,1-18H3/b38-37+/t45-/m0/s1. The van der Waals surface area contributed by atoms with E-state index in [1.807, 2.05) is 0 Å². The second-order valence-electron chi connectivity index (χ2n) is 20.0. The van der Waals surface area contributed by atoms with Crippen molar-refractivity contribution in [3.8, 4) is 0 Å². The van der Waals surface area contributed by atoms with Crippen LogP contribution in [0.1, 0.15) is 183 Å². The summed E-state index contributed by atoms with van der Waals surface area (Å²) in [6.45, 7) is 41.3. The fourth-order valence-electron chi connectivity index (χ4n) is 10.5. The van der Waals surface area contributed by atoms with Crippen LogP contribution in [0.3, 0.4) is 0 Å². The third-order valence-corrected chi connectivity index (χ3v) is 12.1. The molecule has 0 radical (unpaired) electrons. The average molecular weight is 669 g/mol. The van der Waals surface area contributed by atoms with Gasteiger partial charge in [0.25, 0.3) is 0 Å². The van der Waals surface area contributed by atoms with Crippen LogP contribution in [0.2, 0.25) is 0 Å². The van der Waals surface area contributed by atoms with Crippen molar-refractivity contribution in [2.24, 2.45) is 16.2 Å². The molecule has 0 unspecified atom stereocenters. The van der Waals surface area contributed by atoms with E-state index in [1.54, 1.807) is 0 Å². The third kappa shape index (κ3) is 5.40. The Hall–Kier alpha value is -2.75. The number of carbonyl (C=O) groups excluding carboxylic acids is 1. The van der Waals surface area contributed by atoms with E-state index in [0.29, 0.717) is 23.7 Å². The van der Waals surface area contributed by atoms with Crippen LogP contribution in [0.25, 0.3) is 0 Å². The second-order valence-corrected chi connectivity index (χ2v) is 20.0. The molecule has 0 bridgehead atoms. The number of anilines is 2. The van der Waals surface area contributed by atoms with E-state index in [2.05, 4.69) is 171 Å². The molecule has 0 aromatic heterocycles. The zero-order chi connectivity index (χ0) is 37.0. The molecule has 2 aromatic rings. The lowest BCUT2D eigenvalue weighted by Crippen LogP contribution is -2.61. The summed E-state index contributed by atoms with van der Waals surface area (Å²) in [7, 11) is 0. The van der Waals surface area contributed by atoms with E-state index < -0.39 is 16.6 Å². The summed E-state index contributed by atoms with van der Waals surface area (Å²) in [6.07, 6.45) is 1.79. The van der Waals surface area contributed by atoms with Gasteiger partial charge >= 0.3 is 0 Å². The maximum Gasteiger partial charge on any atom is 0.248 e. The van der Waals surface area contributed by atoms with E-state index in [1.165, 1.54) is 39.3 Å². The van der Waals surface area contributed by atoms with Crippen LogP contribution in [-0.4, -0.2) is 22.6 Å². The first-order chi connectivity index (χ1) is 22.3. The summed E-state index contributed by atoms with van der Waals surface area (Å²) in [6, 6.07) is 13.6. The number of rotatable bonds is 6. The van der Waals surface area contributed by atoms with Crippen LogP contribution < -0.4 is 9.80 Å². The first kappa shape index (κ1) is 37.5. The number of nitrogens with zero attached hydrogens (tertiary/aromatic N) is 2. The average Bonchev–Trinajstić information content (AvgIpc) is 3.35. The molecule has 0 amide bonds.